The first-order valence-corrected chi connectivity index (χ1v) is 8.73. The highest BCUT2D eigenvalue weighted by Crippen LogP contribution is 2.21. The number of anilines is 2. The molecule has 2 N–H and O–H groups in total. The van der Waals surface area contributed by atoms with Crippen LogP contribution in [0, 0.1) is 17.5 Å². The molecule has 8 heteroatoms. The molecule has 1 amide bonds. The Morgan fingerprint density at radius 3 is 2.74 bits per heavy atom. The van der Waals surface area contributed by atoms with E-state index >= 15 is 0 Å². The SMILES string of the molecule is O=C(Nc1ccc(F)c(F)c1F)c1cc(NCCC2=CCCCC2)ncn1. The van der Waals surface area contributed by atoms with Crippen molar-refractivity contribution in [1.82, 2.24) is 9.97 Å². The van der Waals surface area contributed by atoms with Crippen LogP contribution in [-0.4, -0.2) is 22.4 Å². The van der Waals surface area contributed by atoms with Gasteiger partial charge in [0.15, 0.2) is 17.5 Å². The van der Waals surface area contributed by atoms with Crippen LogP contribution < -0.4 is 10.6 Å². The highest BCUT2D eigenvalue weighted by Gasteiger charge is 2.17. The second-order valence-corrected chi connectivity index (χ2v) is 6.25. The molecule has 1 aromatic carbocycles. The van der Waals surface area contributed by atoms with E-state index in [1.54, 1.807) is 0 Å². The third-order valence-electron chi connectivity index (χ3n) is 4.32. The second-order valence-electron chi connectivity index (χ2n) is 6.25. The first-order chi connectivity index (χ1) is 13.0. The van der Waals surface area contributed by atoms with E-state index < -0.39 is 29.0 Å². The Morgan fingerprint density at radius 1 is 1.11 bits per heavy atom. The van der Waals surface area contributed by atoms with Crippen molar-refractivity contribution in [2.24, 2.45) is 0 Å². The number of hydrogen-bond acceptors (Lipinski definition) is 4. The average molecular weight is 376 g/mol. The van der Waals surface area contributed by atoms with Gasteiger partial charge in [-0.15, -0.1) is 0 Å². The Balaban J connectivity index is 1.61. The fraction of sp³-hybridized carbons (Fsp3) is 0.316. The van der Waals surface area contributed by atoms with Crippen molar-refractivity contribution in [1.29, 1.82) is 0 Å². The van der Waals surface area contributed by atoms with E-state index in [2.05, 4.69) is 26.7 Å². The molecule has 0 bridgehead atoms. The molecule has 0 saturated carbocycles. The van der Waals surface area contributed by atoms with Crippen LogP contribution in [0.1, 0.15) is 42.6 Å². The number of benzene rings is 1. The number of nitrogens with zero attached hydrogens (tertiary/aromatic N) is 2. The second kappa shape index (κ2) is 8.66. The van der Waals surface area contributed by atoms with E-state index in [4.69, 9.17) is 0 Å². The van der Waals surface area contributed by atoms with Crippen molar-refractivity contribution in [3.8, 4) is 0 Å². The molecule has 1 aromatic heterocycles. The summed E-state index contributed by atoms with van der Waals surface area (Å²) in [5.74, 6) is -4.73. The van der Waals surface area contributed by atoms with Gasteiger partial charge in [-0.25, -0.2) is 23.1 Å². The number of aromatic nitrogens is 2. The zero-order valence-electron chi connectivity index (χ0n) is 14.6. The number of rotatable bonds is 6. The Kier molecular flexibility index (Phi) is 6.05. The Hall–Kier alpha value is -2.90. The van der Waals surface area contributed by atoms with Gasteiger partial charge in [-0.2, -0.15) is 0 Å². The van der Waals surface area contributed by atoms with Gasteiger partial charge in [0.25, 0.3) is 5.91 Å². The molecular formula is C19H19F3N4O. The number of amides is 1. The van der Waals surface area contributed by atoms with Crippen molar-refractivity contribution in [3.63, 3.8) is 0 Å². The van der Waals surface area contributed by atoms with Gasteiger partial charge in [0.2, 0.25) is 0 Å². The fourth-order valence-electron chi connectivity index (χ4n) is 2.87. The quantitative estimate of drug-likeness (QED) is 0.577. The minimum absolute atomic E-state index is 0.0199. The maximum Gasteiger partial charge on any atom is 0.274 e. The molecule has 0 unspecified atom stereocenters. The number of halogens is 3. The van der Waals surface area contributed by atoms with Gasteiger partial charge < -0.3 is 10.6 Å². The number of hydrogen-bond donors (Lipinski definition) is 2. The lowest BCUT2D eigenvalue weighted by atomic mass is 9.97. The summed E-state index contributed by atoms with van der Waals surface area (Å²) in [6, 6.07) is 3.10. The summed E-state index contributed by atoms with van der Waals surface area (Å²) in [5, 5.41) is 5.31. The van der Waals surface area contributed by atoms with E-state index in [0.717, 1.165) is 31.4 Å². The molecule has 27 heavy (non-hydrogen) atoms. The Labute approximate surface area is 154 Å². The molecule has 1 heterocycles. The normalized spacial score (nSPS) is 13.8. The standard InChI is InChI=1S/C19H19F3N4O/c20-13-6-7-14(18(22)17(13)21)26-19(27)15-10-16(25-11-24-15)23-9-8-12-4-2-1-3-5-12/h4,6-7,10-11H,1-3,5,8-9H2,(H,26,27)(H,23,24,25). The highest BCUT2D eigenvalue weighted by atomic mass is 19.2. The average Bonchev–Trinajstić information content (AvgIpc) is 2.69. The van der Waals surface area contributed by atoms with Crippen molar-refractivity contribution in [2.45, 2.75) is 32.1 Å². The van der Waals surface area contributed by atoms with E-state index in [9.17, 15) is 18.0 Å². The number of nitrogens with one attached hydrogen (secondary N) is 2. The van der Waals surface area contributed by atoms with Gasteiger partial charge in [-0.05, 0) is 44.2 Å². The number of carbonyl (C=O) groups excluding carboxylic acids is 1. The minimum atomic E-state index is -1.64. The maximum atomic E-state index is 13.7. The van der Waals surface area contributed by atoms with Gasteiger partial charge in [0, 0.05) is 12.6 Å². The predicted octanol–water partition coefficient (Wildman–Crippen LogP) is 4.45. The molecule has 0 spiro atoms. The summed E-state index contributed by atoms with van der Waals surface area (Å²) in [6.45, 7) is 0.668. The van der Waals surface area contributed by atoms with Crippen LogP contribution in [0.4, 0.5) is 24.7 Å². The van der Waals surface area contributed by atoms with Crippen molar-refractivity contribution in [2.75, 3.05) is 17.2 Å². The topological polar surface area (TPSA) is 66.9 Å². The van der Waals surface area contributed by atoms with Gasteiger partial charge in [-0.3, -0.25) is 4.79 Å². The zero-order valence-corrected chi connectivity index (χ0v) is 14.6. The number of allylic oxidation sites excluding steroid dienone is 1. The summed E-state index contributed by atoms with van der Waals surface area (Å²) < 4.78 is 39.9. The van der Waals surface area contributed by atoms with Gasteiger partial charge in [0.05, 0.1) is 5.69 Å². The molecule has 0 atom stereocenters. The molecule has 3 rings (SSSR count). The van der Waals surface area contributed by atoms with Crippen LogP contribution in [0.15, 0.2) is 36.2 Å². The van der Waals surface area contributed by atoms with Crippen molar-refractivity contribution in [3.05, 3.63) is 59.3 Å². The Morgan fingerprint density at radius 2 is 1.96 bits per heavy atom. The van der Waals surface area contributed by atoms with Gasteiger partial charge >= 0.3 is 0 Å². The molecule has 0 saturated heterocycles. The Bertz CT molecular complexity index is 870. The fourth-order valence-corrected chi connectivity index (χ4v) is 2.87. The van der Waals surface area contributed by atoms with Crippen molar-refractivity contribution < 1.29 is 18.0 Å². The minimum Gasteiger partial charge on any atom is -0.370 e. The largest absolute Gasteiger partial charge is 0.370 e. The molecule has 5 nitrogen and oxygen atoms in total. The molecule has 0 radical (unpaired) electrons. The van der Waals surface area contributed by atoms with E-state index in [-0.39, 0.29) is 5.69 Å². The molecule has 2 aromatic rings. The molecule has 1 aliphatic carbocycles. The summed E-state index contributed by atoms with van der Waals surface area (Å²) in [6.07, 6.45) is 9.04. The number of carbonyl (C=O) groups is 1. The summed E-state index contributed by atoms with van der Waals surface area (Å²) in [5.41, 5.74) is 0.930. The van der Waals surface area contributed by atoms with Gasteiger partial charge in [0.1, 0.15) is 17.8 Å². The van der Waals surface area contributed by atoms with E-state index in [1.807, 2.05) is 0 Å². The van der Waals surface area contributed by atoms with E-state index in [0.29, 0.717) is 12.4 Å². The van der Waals surface area contributed by atoms with Crippen molar-refractivity contribution >= 4 is 17.4 Å². The summed E-state index contributed by atoms with van der Waals surface area (Å²) in [4.78, 5) is 20.1. The molecule has 0 aliphatic heterocycles. The highest BCUT2D eigenvalue weighted by molar-refractivity contribution is 6.03. The third-order valence-corrected chi connectivity index (χ3v) is 4.32. The lowest BCUT2D eigenvalue weighted by Crippen LogP contribution is -2.16. The smallest absolute Gasteiger partial charge is 0.274 e. The van der Waals surface area contributed by atoms with E-state index in [1.165, 1.54) is 30.8 Å². The first-order valence-electron chi connectivity index (χ1n) is 8.73. The molecular weight excluding hydrogens is 357 g/mol. The van der Waals surface area contributed by atoms with Crippen LogP contribution in [0.5, 0.6) is 0 Å². The molecule has 142 valence electrons. The zero-order chi connectivity index (χ0) is 19.2. The van der Waals surface area contributed by atoms with Crippen LogP contribution >= 0.6 is 0 Å². The predicted molar refractivity (Wildman–Crippen MR) is 96.0 cm³/mol. The summed E-state index contributed by atoms with van der Waals surface area (Å²) >= 11 is 0. The molecule has 0 fully saturated rings. The lowest BCUT2D eigenvalue weighted by Gasteiger charge is -2.13. The van der Waals surface area contributed by atoms with Gasteiger partial charge in [-0.1, -0.05) is 11.6 Å². The molecule has 1 aliphatic rings. The first kappa shape index (κ1) is 18.9. The van der Waals surface area contributed by atoms with Crippen LogP contribution in [-0.2, 0) is 0 Å². The monoisotopic (exact) mass is 376 g/mol. The van der Waals surface area contributed by atoms with Crippen LogP contribution in [0.3, 0.4) is 0 Å². The summed E-state index contributed by atoms with van der Waals surface area (Å²) in [7, 11) is 0. The maximum absolute atomic E-state index is 13.7. The van der Waals surface area contributed by atoms with Crippen LogP contribution in [0.2, 0.25) is 0 Å². The van der Waals surface area contributed by atoms with Crippen LogP contribution in [0.25, 0.3) is 0 Å². The third kappa shape index (κ3) is 4.84. The lowest BCUT2D eigenvalue weighted by molar-refractivity contribution is 0.102.